The Morgan fingerprint density at radius 1 is 1.12 bits per heavy atom. The van der Waals surface area contributed by atoms with Crippen molar-refractivity contribution in [2.75, 3.05) is 13.2 Å². The molecular formula is C12H20O5. The maximum atomic E-state index is 11.3. The van der Waals surface area contributed by atoms with Crippen LogP contribution in [0, 0.1) is 5.92 Å². The number of carbonyl (C=O) groups excluding carboxylic acids is 3. The van der Waals surface area contributed by atoms with E-state index in [2.05, 4.69) is 0 Å². The molecule has 0 aliphatic carbocycles. The molecule has 0 rings (SSSR count). The molecule has 0 aromatic rings. The Bertz CT molecular complexity index is 249. The number of ether oxygens (including phenoxy) is 2. The van der Waals surface area contributed by atoms with Crippen molar-refractivity contribution < 1.29 is 23.9 Å². The van der Waals surface area contributed by atoms with Gasteiger partial charge < -0.3 is 14.3 Å². The van der Waals surface area contributed by atoms with Crippen LogP contribution in [0.15, 0.2) is 0 Å². The van der Waals surface area contributed by atoms with Crippen LogP contribution in [0.3, 0.4) is 0 Å². The summed E-state index contributed by atoms with van der Waals surface area (Å²) in [6.45, 7) is 4.27. The van der Waals surface area contributed by atoms with Gasteiger partial charge >= 0.3 is 11.9 Å². The molecule has 0 aliphatic rings. The zero-order chi connectivity index (χ0) is 13.1. The van der Waals surface area contributed by atoms with Crippen molar-refractivity contribution in [1.82, 2.24) is 0 Å². The van der Waals surface area contributed by atoms with Crippen LogP contribution >= 0.6 is 0 Å². The van der Waals surface area contributed by atoms with Gasteiger partial charge in [-0.2, -0.15) is 0 Å². The number of rotatable bonds is 9. The fraction of sp³-hybridized carbons (Fsp3) is 0.750. The van der Waals surface area contributed by atoms with Crippen molar-refractivity contribution in [2.24, 2.45) is 5.92 Å². The average molecular weight is 244 g/mol. The van der Waals surface area contributed by atoms with Crippen LogP contribution in [0.2, 0.25) is 0 Å². The van der Waals surface area contributed by atoms with Crippen LogP contribution in [0.25, 0.3) is 0 Å². The lowest BCUT2D eigenvalue weighted by Crippen LogP contribution is -2.17. The Kier molecular flexibility index (Phi) is 9.01. The molecule has 0 fully saturated rings. The van der Waals surface area contributed by atoms with Crippen molar-refractivity contribution in [3.63, 3.8) is 0 Å². The summed E-state index contributed by atoms with van der Waals surface area (Å²) in [5, 5.41) is 0. The van der Waals surface area contributed by atoms with Gasteiger partial charge in [0, 0.05) is 19.3 Å². The molecule has 0 N–H and O–H groups in total. The van der Waals surface area contributed by atoms with Crippen LogP contribution in [0.1, 0.15) is 39.5 Å². The van der Waals surface area contributed by atoms with E-state index >= 15 is 0 Å². The maximum absolute atomic E-state index is 11.3. The zero-order valence-electron chi connectivity index (χ0n) is 10.4. The van der Waals surface area contributed by atoms with Crippen molar-refractivity contribution >= 4 is 18.2 Å². The van der Waals surface area contributed by atoms with Gasteiger partial charge in [-0.25, -0.2) is 0 Å². The monoisotopic (exact) mass is 244 g/mol. The lowest BCUT2D eigenvalue weighted by Gasteiger charge is -2.12. The van der Waals surface area contributed by atoms with Gasteiger partial charge in [-0.05, 0) is 19.3 Å². The highest BCUT2D eigenvalue weighted by molar-refractivity contribution is 5.74. The maximum Gasteiger partial charge on any atom is 0.306 e. The minimum absolute atomic E-state index is 0.0772. The molecular weight excluding hydrogens is 224 g/mol. The second-order valence-corrected chi connectivity index (χ2v) is 3.70. The topological polar surface area (TPSA) is 69.7 Å². The van der Waals surface area contributed by atoms with E-state index in [1.807, 2.05) is 6.92 Å². The van der Waals surface area contributed by atoms with E-state index in [1.165, 1.54) is 0 Å². The summed E-state index contributed by atoms with van der Waals surface area (Å²) < 4.78 is 9.68. The molecule has 1 atom stereocenters. The summed E-state index contributed by atoms with van der Waals surface area (Å²) in [5.74, 6) is -1.08. The Labute approximate surface area is 101 Å². The largest absolute Gasteiger partial charge is 0.466 e. The van der Waals surface area contributed by atoms with Gasteiger partial charge in [0.2, 0.25) is 0 Å². The third kappa shape index (κ3) is 8.42. The predicted octanol–water partition coefficient (Wildman–Crippen LogP) is 1.49. The first-order valence-electron chi connectivity index (χ1n) is 5.88. The first kappa shape index (κ1) is 15.6. The van der Waals surface area contributed by atoms with E-state index in [1.54, 1.807) is 6.92 Å². The average Bonchev–Trinajstić information content (AvgIpc) is 2.27. The SMILES string of the molecule is CCCOC(=O)CC(CC=O)CC(=O)OCC. The number of hydrogen-bond donors (Lipinski definition) is 0. The first-order valence-corrected chi connectivity index (χ1v) is 5.88. The third-order valence-electron chi connectivity index (χ3n) is 2.11. The Morgan fingerprint density at radius 2 is 1.71 bits per heavy atom. The van der Waals surface area contributed by atoms with Gasteiger partial charge in [-0.3, -0.25) is 9.59 Å². The number of hydrogen-bond acceptors (Lipinski definition) is 5. The van der Waals surface area contributed by atoms with Crippen molar-refractivity contribution in [1.29, 1.82) is 0 Å². The van der Waals surface area contributed by atoms with Crippen LogP contribution in [0.5, 0.6) is 0 Å². The molecule has 0 radical (unpaired) electrons. The second kappa shape index (κ2) is 9.81. The van der Waals surface area contributed by atoms with E-state index in [4.69, 9.17) is 9.47 Å². The minimum atomic E-state index is -0.386. The van der Waals surface area contributed by atoms with Gasteiger partial charge in [0.1, 0.15) is 6.29 Å². The molecule has 0 bridgehead atoms. The quantitative estimate of drug-likeness (QED) is 0.454. The Balaban J connectivity index is 4.08. The summed E-state index contributed by atoms with van der Waals surface area (Å²) >= 11 is 0. The molecule has 0 amide bonds. The normalized spacial score (nSPS) is 11.6. The third-order valence-corrected chi connectivity index (χ3v) is 2.11. The fourth-order valence-corrected chi connectivity index (χ4v) is 1.34. The van der Waals surface area contributed by atoms with Gasteiger partial charge in [-0.15, -0.1) is 0 Å². The van der Waals surface area contributed by atoms with Crippen LogP contribution in [-0.4, -0.2) is 31.4 Å². The lowest BCUT2D eigenvalue weighted by atomic mass is 9.98. The molecule has 0 aromatic carbocycles. The number of aldehydes is 1. The van der Waals surface area contributed by atoms with Gasteiger partial charge in [0.05, 0.1) is 13.2 Å². The van der Waals surface area contributed by atoms with E-state index in [0.717, 1.165) is 6.42 Å². The lowest BCUT2D eigenvalue weighted by molar-refractivity contribution is -0.147. The van der Waals surface area contributed by atoms with Crippen molar-refractivity contribution in [3.05, 3.63) is 0 Å². The molecule has 0 saturated carbocycles. The summed E-state index contributed by atoms with van der Waals surface area (Å²) in [5.41, 5.74) is 0. The van der Waals surface area contributed by atoms with E-state index in [0.29, 0.717) is 19.5 Å². The van der Waals surface area contributed by atoms with Crippen molar-refractivity contribution in [3.8, 4) is 0 Å². The van der Waals surface area contributed by atoms with E-state index in [9.17, 15) is 14.4 Å². The first-order chi connectivity index (χ1) is 8.13. The summed E-state index contributed by atoms with van der Waals surface area (Å²) in [4.78, 5) is 33.0. The Hall–Kier alpha value is -1.39. The summed E-state index contributed by atoms with van der Waals surface area (Å²) in [7, 11) is 0. The summed E-state index contributed by atoms with van der Waals surface area (Å²) in [6.07, 6.45) is 1.78. The second-order valence-electron chi connectivity index (χ2n) is 3.70. The molecule has 0 aliphatic heterocycles. The highest BCUT2D eigenvalue weighted by Crippen LogP contribution is 2.14. The molecule has 1 unspecified atom stereocenters. The molecule has 0 heterocycles. The fourth-order valence-electron chi connectivity index (χ4n) is 1.34. The predicted molar refractivity (Wildman–Crippen MR) is 61.3 cm³/mol. The summed E-state index contributed by atoms with van der Waals surface area (Å²) in [6, 6.07) is 0. The van der Waals surface area contributed by atoms with Gasteiger partial charge in [-0.1, -0.05) is 6.92 Å². The zero-order valence-corrected chi connectivity index (χ0v) is 10.4. The van der Waals surface area contributed by atoms with Crippen LogP contribution < -0.4 is 0 Å². The molecule has 17 heavy (non-hydrogen) atoms. The number of esters is 2. The Morgan fingerprint density at radius 3 is 2.18 bits per heavy atom. The molecule has 0 spiro atoms. The molecule has 5 heteroatoms. The molecule has 0 saturated heterocycles. The van der Waals surface area contributed by atoms with E-state index in [-0.39, 0.29) is 37.1 Å². The van der Waals surface area contributed by atoms with Gasteiger partial charge in [0.15, 0.2) is 0 Å². The minimum Gasteiger partial charge on any atom is -0.466 e. The van der Waals surface area contributed by atoms with Gasteiger partial charge in [0.25, 0.3) is 0 Å². The van der Waals surface area contributed by atoms with Crippen LogP contribution in [0.4, 0.5) is 0 Å². The molecule has 5 nitrogen and oxygen atoms in total. The standard InChI is InChI=1S/C12H20O5/c1-3-7-17-12(15)9-10(5-6-13)8-11(14)16-4-2/h6,10H,3-5,7-9H2,1-2H3. The van der Waals surface area contributed by atoms with Crippen molar-refractivity contribution in [2.45, 2.75) is 39.5 Å². The highest BCUT2D eigenvalue weighted by Gasteiger charge is 2.18. The van der Waals surface area contributed by atoms with Crippen LogP contribution in [-0.2, 0) is 23.9 Å². The number of carbonyl (C=O) groups is 3. The van der Waals surface area contributed by atoms with E-state index < -0.39 is 0 Å². The molecule has 98 valence electrons. The smallest absolute Gasteiger partial charge is 0.306 e. The molecule has 0 aromatic heterocycles. The highest BCUT2D eigenvalue weighted by atomic mass is 16.5.